The number of hydrogen-bond donors (Lipinski definition) is 1. The second-order valence-electron chi connectivity index (χ2n) is 4.33. The van der Waals surface area contributed by atoms with Crippen molar-refractivity contribution in [2.45, 2.75) is 6.92 Å². The minimum atomic E-state index is -0.967. The summed E-state index contributed by atoms with van der Waals surface area (Å²) in [5.74, 6) is 0.101. The Labute approximate surface area is 114 Å². The summed E-state index contributed by atoms with van der Waals surface area (Å²) in [6, 6.07) is 9.93. The van der Waals surface area contributed by atoms with E-state index in [0.29, 0.717) is 17.3 Å². The predicted molar refractivity (Wildman–Crippen MR) is 71.2 cm³/mol. The number of aromatic carboxylic acids is 1. The third-order valence-corrected chi connectivity index (χ3v) is 2.81. The van der Waals surface area contributed by atoms with Crippen LogP contribution in [0.5, 0.6) is 11.6 Å². The molecule has 0 amide bonds. The lowest BCUT2D eigenvalue weighted by molar-refractivity contribution is 0.0697. The number of benzene rings is 1. The molecule has 0 unspecified atom stereocenters. The average molecular weight is 269 g/mol. The number of ether oxygens (including phenoxy) is 1. The second-order valence-corrected chi connectivity index (χ2v) is 4.33. The summed E-state index contributed by atoms with van der Waals surface area (Å²) in [4.78, 5) is 14.9. The number of carboxylic acid groups (broad SMARTS) is 1. The summed E-state index contributed by atoms with van der Waals surface area (Å²) in [6.07, 6.45) is 1.45. The van der Waals surface area contributed by atoms with Gasteiger partial charge >= 0.3 is 5.97 Å². The molecule has 0 bridgehead atoms. The number of fused-ring (bicyclic) bond motifs is 1. The maximum absolute atomic E-state index is 10.8. The van der Waals surface area contributed by atoms with Gasteiger partial charge in [0, 0.05) is 6.07 Å². The van der Waals surface area contributed by atoms with Crippen LogP contribution in [0.1, 0.15) is 15.9 Å². The van der Waals surface area contributed by atoms with Crippen molar-refractivity contribution in [2.24, 2.45) is 0 Å². The van der Waals surface area contributed by atoms with Crippen LogP contribution in [0.2, 0.25) is 0 Å². The zero-order valence-electron chi connectivity index (χ0n) is 10.6. The number of nitrogens with zero attached hydrogens (tertiary/aromatic N) is 3. The molecule has 0 fully saturated rings. The van der Waals surface area contributed by atoms with Crippen LogP contribution in [0.3, 0.4) is 0 Å². The van der Waals surface area contributed by atoms with Crippen LogP contribution < -0.4 is 4.74 Å². The van der Waals surface area contributed by atoms with Crippen molar-refractivity contribution in [1.82, 2.24) is 14.6 Å². The largest absolute Gasteiger partial charge is 0.478 e. The first-order valence-electron chi connectivity index (χ1n) is 5.95. The van der Waals surface area contributed by atoms with E-state index in [2.05, 4.69) is 10.1 Å². The molecule has 20 heavy (non-hydrogen) atoms. The fourth-order valence-corrected chi connectivity index (χ4v) is 1.88. The highest BCUT2D eigenvalue weighted by Crippen LogP contribution is 2.23. The van der Waals surface area contributed by atoms with Crippen molar-refractivity contribution in [3.63, 3.8) is 0 Å². The number of pyridine rings is 1. The molecule has 0 saturated carbocycles. The minimum Gasteiger partial charge on any atom is -0.478 e. The van der Waals surface area contributed by atoms with Crippen LogP contribution in [0.25, 0.3) is 5.65 Å². The first-order chi connectivity index (χ1) is 9.63. The number of rotatable bonds is 3. The van der Waals surface area contributed by atoms with Gasteiger partial charge in [0.2, 0.25) is 5.88 Å². The summed E-state index contributed by atoms with van der Waals surface area (Å²) in [5.41, 5.74) is 1.91. The molecular weight excluding hydrogens is 258 g/mol. The molecule has 2 heterocycles. The van der Waals surface area contributed by atoms with Crippen LogP contribution in [0.15, 0.2) is 42.7 Å². The van der Waals surface area contributed by atoms with Crippen molar-refractivity contribution in [3.8, 4) is 11.6 Å². The lowest BCUT2D eigenvalue weighted by atomic mass is 10.2. The molecule has 0 aliphatic heterocycles. The highest BCUT2D eigenvalue weighted by molar-refractivity contribution is 5.87. The molecule has 6 nitrogen and oxygen atoms in total. The SMILES string of the molecule is Cc1cc(Oc2ccc(C(=O)O)cc2)n2ncnc2c1. The molecule has 0 atom stereocenters. The lowest BCUT2D eigenvalue weighted by Crippen LogP contribution is -1.98. The van der Waals surface area contributed by atoms with E-state index in [4.69, 9.17) is 9.84 Å². The molecule has 100 valence electrons. The third-order valence-electron chi connectivity index (χ3n) is 2.81. The van der Waals surface area contributed by atoms with E-state index >= 15 is 0 Å². The number of carbonyl (C=O) groups is 1. The van der Waals surface area contributed by atoms with Crippen molar-refractivity contribution < 1.29 is 14.6 Å². The molecule has 2 aromatic heterocycles. The van der Waals surface area contributed by atoms with Crippen molar-refractivity contribution in [2.75, 3.05) is 0 Å². The van der Waals surface area contributed by atoms with E-state index in [1.807, 2.05) is 19.1 Å². The van der Waals surface area contributed by atoms with E-state index in [-0.39, 0.29) is 5.56 Å². The summed E-state index contributed by atoms with van der Waals surface area (Å²) >= 11 is 0. The monoisotopic (exact) mass is 269 g/mol. The average Bonchev–Trinajstić information content (AvgIpc) is 2.87. The van der Waals surface area contributed by atoms with E-state index in [9.17, 15) is 4.79 Å². The summed E-state index contributed by atoms with van der Waals surface area (Å²) in [6.45, 7) is 1.94. The Kier molecular flexibility index (Phi) is 2.83. The number of hydrogen-bond acceptors (Lipinski definition) is 4. The van der Waals surface area contributed by atoms with Crippen LogP contribution in [-0.2, 0) is 0 Å². The van der Waals surface area contributed by atoms with Crippen molar-refractivity contribution >= 4 is 11.6 Å². The minimum absolute atomic E-state index is 0.215. The molecule has 0 aliphatic rings. The van der Waals surface area contributed by atoms with E-state index in [1.54, 1.807) is 16.6 Å². The van der Waals surface area contributed by atoms with Gasteiger partial charge < -0.3 is 9.84 Å². The Bertz CT molecular complexity index is 778. The maximum Gasteiger partial charge on any atom is 0.335 e. The third kappa shape index (κ3) is 2.18. The highest BCUT2D eigenvalue weighted by atomic mass is 16.5. The zero-order chi connectivity index (χ0) is 14.1. The van der Waals surface area contributed by atoms with Crippen LogP contribution in [0, 0.1) is 6.92 Å². The Balaban J connectivity index is 1.96. The van der Waals surface area contributed by atoms with Gasteiger partial charge in [0.15, 0.2) is 5.65 Å². The molecule has 6 heteroatoms. The second kappa shape index (κ2) is 4.65. The lowest BCUT2D eigenvalue weighted by Gasteiger charge is -2.08. The van der Waals surface area contributed by atoms with Crippen molar-refractivity contribution in [3.05, 3.63) is 53.9 Å². The maximum atomic E-state index is 10.8. The first-order valence-corrected chi connectivity index (χ1v) is 5.95. The fraction of sp³-hybridized carbons (Fsp3) is 0.0714. The van der Waals surface area contributed by atoms with Gasteiger partial charge in [-0.3, -0.25) is 0 Å². The molecule has 1 aromatic carbocycles. The van der Waals surface area contributed by atoms with E-state index in [0.717, 1.165) is 5.56 Å². The Morgan fingerprint density at radius 2 is 2.00 bits per heavy atom. The van der Waals surface area contributed by atoms with Gasteiger partial charge in [0.1, 0.15) is 12.1 Å². The normalized spacial score (nSPS) is 10.7. The molecular formula is C14H11N3O3. The fourth-order valence-electron chi connectivity index (χ4n) is 1.88. The molecule has 0 spiro atoms. The quantitative estimate of drug-likeness (QED) is 0.790. The van der Waals surface area contributed by atoms with Crippen LogP contribution in [0.4, 0.5) is 0 Å². The van der Waals surface area contributed by atoms with Gasteiger partial charge in [-0.05, 0) is 42.8 Å². The highest BCUT2D eigenvalue weighted by Gasteiger charge is 2.07. The van der Waals surface area contributed by atoms with Gasteiger partial charge in [0.25, 0.3) is 0 Å². The number of aromatic nitrogens is 3. The van der Waals surface area contributed by atoms with Gasteiger partial charge in [-0.25, -0.2) is 9.78 Å². The predicted octanol–water partition coefficient (Wildman–Crippen LogP) is 2.53. The Morgan fingerprint density at radius 3 is 2.70 bits per heavy atom. The first kappa shape index (κ1) is 12.2. The number of carboxylic acids is 1. The molecule has 1 N–H and O–H groups in total. The molecule has 0 radical (unpaired) electrons. The van der Waals surface area contributed by atoms with E-state index in [1.165, 1.54) is 18.5 Å². The van der Waals surface area contributed by atoms with Gasteiger partial charge in [0.05, 0.1) is 5.56 Å². The Morgan fingerprint density at radius 1 is 1.25 bits per heavy atom. The smallest absolute Gasteiger partial charge is 0.335 e. The zero-order valence-corrected chi connectivity index (χ0v) is 10.6. The van der Waals surface area contributed by atoms with E-state index < -0.39 is 5.97 Å². The topological polar surface area (TPSA) is 76.7 Å². The summed E-state index contributed by atoms with van der Waals surface area (Å²) < 4.78 is 7.31. The molecule has 0 aliphatic carbocycles. The van der Waals surface area contributed by atoms with Crippen LogP contribution >= 0.6 is 0 Å². The standard InChI is InChI=1S/C14H11N3O3/c1-9-6-12-15-8-16-17(12)13(7-9)20-11-4-2-10(3-5-11)14(18)19/h2-8H,1H3,(H,18,19). The molecule has 0 saturated heterocycles. The summed E-state index contributed by atoms with van der Waals surface area (Å²) in [7, 11) is 0. The van der Waals surface area contributed by atoms with Crippen LogP contribution in [-0.4, -0.2) is 25.7 Å². The Hall–Kier alpha value is -2.89. The van der Waals surface area contributed by atoms with Gasteiger partial charge in [-0.2, -0.15) is 9.61 Å². The molecule has 3 rings (SSSR count). The van der Waals surface area contributed by atoms with Crippen molar-refractivity contribution in [1.29, 1.82) is 0 Å². The van der Waals surface area contributed by atoms with Gasteiger partial charge in [-0.1, -0.05) is 0 Å². The summed E-state index contributed by atoms with van der Waals surface area (Å²) in [5, 5.41) is 12.9. The molecule has 3 aromatic rings. The number of aryl methyl sites for hydroxylation is 1. The van der Waals surface area contributed by atoms with Gasteiger partial charge in [-0.15, -0.1) is 0 Å².